The van der Waals surface area contributed by atoms with Gasteiger partial charge >= 0.3 is 11.9 Å². The van der Waals surface area contributed by atoms with Crippen molar-refractivity contribution in [1.82, 2.24) is 0 Å². The molecule has 5 heteroatoms. The van der Waals surface area contributed by atoms with E-state index < -0.39 is 11.9 Å². The molecule has 0 aromatic carbocycles. The number of carboxylic acids is 1. The summed E-state index contributed by atoms with van der Waals surface area (Å²) in [4.78, 5) is 23.2. The number of allylic oxidation sites excluding steroid dienone is 2. The fourth-order valence-corrected chi connectivity index (χ4v) is 2.28. The van der Waals surface area contributed by atoms with Gasteiger partial charge in [0, 0.05) is 24.2 Å². The maximum atomic E-state index is 12.1. The average Bonchev–Trinajstić information content (AvgIpc) is 2.52. The molecule has 0 amide bonds. The van der Waals surface area contributed by atoms with Crippen LogP contribution in [0.4, 0.5) is 0 Å². The number of esters is 1. The van der Waals surface area contributed by atoms with Crippen LogP contribution in [0.2, 0.25) is 0 Å². The van der Waals surface area contributed by atoms with Crippen molar-refractivity contribution in [1.29, 1.82) is 0 Å². The van der Waals surface area contributed by atoms with Crippen LogP contribution in [-0.2, 0) is 14.3 Å². The minimum absolute atomic E-state index is 0.0506. The summed E-state index contributed by atoms with van der Waals surface area (Å²) in [6.07, 6.45) is 7.78. The van der Waals surface area contributed by atoms with E-state index in [1.165, 1.54) is 12.2 Å². The van der Waals surface area contributed by atoms with Gasteiger partial charge in [0.25, 0.3) is 0 Å². The van der Waals surface area contributed by atoms with Gasteiger partial charge in [0.15, 0.2) is 0 Å². The maximum absolute atomic E-state index is 12.1. The molecule has 5 nitrogen and oxygen atoms in total. The van der Waals surface area contributed by atoms with Gasteiger partial charge in [-0.15, -0.1) is 0 Å². The molecule has 0 rings (SSSR count). The van der Waals surface area contributed by atoms with Crippen LogP contribution in [0.1, 0.15) is 59.3 Å². The van der Waals surface area contributed by atoms with Gasteiger partial charge < -0.3 is 14.9 Å². The van der Waals surface area contributed by atoms with Crippen molar-refractivity contribution >= 4 is 11.9 Å². The topological polar surface area (TPSA) is 83.8 Å². The zero-order chi connectivity index (χ0) is 17.7. The number of carbonyl (C=O) groups excluding carboxylic acids is 1. The van der Waals surface area contributed by atoms with Crippen LogP contribution in [0.5, 0.6) is 0 Å². The molecule has 0 spiro atoms. The predicted octanol–water partition coefficient (Wildman–Crippen LogP) is 3.48. The number of aliphatic hydroxyl groups excluding tert-OH is 1. The number of rotatable bonds is 12. The Bertz CT molecular complexity index is 423. The Morgan fingerprint density at radius 3 is 2.26 bits per heavy atom. The number of aliphatic carboxylic acids is 1. The van der Waals surface area contributed by atoms with Gasteiger partial charge in [-0.1, -0.05) is 51.7 Å². The van der Waals surface area contributed by atoms with E-state index in [1.807, 2.05) is 0 Å². The molecule has 0 aliphatic carbocycles. The molecule has 1 atom stereocenters. The fourth-order valence-electron chi connectivity index (χ4n) is 2.28. The summed E-state index contributed by atoms with van der Waals surface area (Å²) in [6.45, 7) is 6.01. The molecular weight excluding hydrogens is 296 g/mol. The van der Waals surface area contributed by atoms with Crippen LogP contribution < -0.4 is 0 Å². The zero-order valence-corrected chi connectivity index (χ0v) is 14.5. The summed E-state index contributed by atoms with van der Waals surface area (Å²) in [5.41, 5.74) is 0.572. The van der Waals surface area contributed by atoms with Crippen molar-refractivity contribution in [3.63, 3.8) is 0 Å². The van der Waals surface area contributed by atoms with E-state index in [-0.39, 0.29) is 25.2 Å². The normalized spacial score (nSPS) is 13.7. The molecule has 0 aromatic rings. The molecule has 0 aliphatic heterocycles. The standard InChI is InChI=1S/C18H30O5/c1-4-7-8-14(5-2)13-16(18(22)23-6-3)10-9-15(11-12-19)17(20)21/h9-10,14,19H,4-8,11-13H2,1-3H3,(H,20,21). The molecule has 0 saturated heterocycles. The van der Waals surface area contributed by atoms with Gasteiger partial charge in [-0.05, 0) is 19.3 Å². The second-order valence-electron chi connectivity index (χ2n) is 5.50. The van der Waals surface area contributed by atoms with Crippen LogP contribution in [0.3, 0.4) is 0 Å². The smallest absolute Gasteiger partial charge is 0.333 e. The van der Waals surface area contributed by atoms with E-state index in [1.54, 1.807) is 6.92 Å². The number of hydrogen-bond donors (Lipinski definition) is 2. The third-order valence-corrected chi connectivity index (χ3v) is 3.73. The van der Waals surface area contributed by atoms with Crippen molar-refractivity contribution in [3.05, 3.63) is 23.3 Å². The van der Waals surface area contributed by atoms with Crippen molar-refractivity contribution in [2.75, 3.05) is 13.2 Å². The van der Waals surface area contributed by atoms with Crippen LogP contribution >= 0.6 is 0 Å². The number of aliphatic hydroxyl groups is 1. The first-order chi connectivity index (χ1) is 11.0. The van der Waals surface area contributed by atoms with Gasteiger partial charge in [0.1, 0.15) is 0 Å². The third kappa shape index (κ3) is 9.18. The van der Waals surface area contributed by atoms with Crippen molar-refractivity contribution < 1.29 is 24.5 Å². The SMILES string of the molecule is CCCCC(CC)CC(=CC=C(CCO)C(=O)O)C(=O)OCC. The van der Waals surface area contributed by atoms with Crippen LogP contribution in [-0.4, -0.2) is 35.4 Å². The quantitative estimate of drug-likeness (QED) is 0.326. The van der Waals surface area contributed by atoms with E-state index in [0.29, 0.717) is 17.9 Å². The Hall–Kier alpha value is -1.62. The minimum Gasteiger partial charge on any atom is -0.478 e. The second kappa shape index (κ2) is 12.9. The van der Waals surface area contributed by atoms with E-state index in [9.17, 15) is 9.59 Å². The van der Waals surface area contributed by atoms with Gasteiger partial charge in [0.2, 0.25) is 0 Å². The predicted molar refractivity (Wildman–Crippen MR) is 90.1 cm³/mol. The summed E-state index contributed by atoms with van der Waals surface area (Å²) in [7, 11) is 0. The fraction of sp³-hybridized carbons (Fsp3) is 0.667. The van der Waals surface area contributed by atoms with Crippen LogP contribution in [0.25, 0.3) is 0 Å². The molecule has 23 heavy (non-hydrogen) atoms. The Balaban J connectivity index is 5.25. The van der Waals surface area contributed by atoms with Gasteiger partial charge in [-0.25, -0.2) is 9.59 Å². The van der Waals surface area contributed by atoms with E-state index in [2.05, 4.69) is 13.8 Å². The molecular formula is C18H30O5. The van der Waals surface area contributed by atoms with Crippen molar-refractivity contribution in [3.8, 4) is 0 Å². The number of hydrogen-bond acceptors (Lipinski definition) is 4. The lowest BCUT2D eigenvalue weighted by molar-refractivity contribution is -0.139. The summed E-state index contributed by atoms with van der Waals surface area (Å²) >= 11 is 0. The molecule has 0 radical (unpaired) electrons. The van der Waals surface area contributed by atoms with Crippen LogP contribution in [0, 0.1) is 5.92 Å². The lowest BCUT2D eigenvalue weighted by Gasteiger charge is -2.16. The summed E-state index contributed by atoms with van der Waals surface area (Å²) in [5, 5.41) is 18.0. The Labute approximate surface area is 139 Å². The highest BCUT2D eigenvalue weighted by molar-refractivity contribution is 5.90. The number of carbonyl (C=O) groups is 2. The second-order valence-corrected chi connectivity index (χ2v) is 5.50. The zero-order valence-electron chi connectivity index (χ0n) is 14.5. The van der Waals surface area contributed by atoms with E-state index in [0.717, 1.165) is 25.7 Å². The molecule has 0 aromatic heterocycles. The number of ether oxygens (including phenoxy) is 1. The Kier molecular flexibility index (Phi) is 12.0. The monoisotopic (exact) mass is 326 g/mol. The largest absolute Gasteiger partial charge is 0.478 e. The Morgan fingerprint density at radius 1 is 1.13 bits per heavy atom. The van der Waals surface area contributed by atoms with Crippen molar-refractivity contribution in [2.24, 2.45) is 5.92 Å². The highest BCUT2D eigenvalue weighted by Gasteiger charge is 2.16. The molecule has 1 unspecified atom stereocenters. The summed E-state index contributed by atoms with van der Waals surface area (Å²) < 4.78 is 5.07. The first-order valence-electron chi connectivity index (χ1n) is 8.40. The molecule has 0 saturated carbocycles. The minimum atomic E-state index is -1.09. The Morgan fingerprint density at radius 2 is 1.78 bits per heavy atom. The average molecular weight is 326 g/mol. The van der Waals surface area contributed by atoms with Crippen molar-refractivity contribution in [2.45, 2.75) is 59.3 Å². The highest BCUT2D eigenvalue weighted by Crippen LogP contribution is 2.22. The molecule has 0 aliphatic rings. The highest BCUT2D eigenvalue weighted by atomic mass is 16.5. The third-order valence-electron chi connectivity index (χ3n) is 3.73. The molecule has 0 fully saturated rings. The van der Waals surface area contributed by atoms with Gasteiger partial charge in [-0.3, -0.25) is 0 Å². The van der Waals surface area contributed by atoms with E-state index in [4.69, 9.17) is 14.9 Å². The van der Waals surface area contributed by atoms with E-state index >= 15 is 0 Å². The van der Waals surface area contributed by atoms with Gasteiger partial charge in [0.05, 0.1) is 6.61 Å². The molecule has 0 bridgehead atoms. The summed E-state index contributed by atoms with van der Waals surface area (Å²) in [5.74, 6) is -1.10. The first-order valence-corrected chi connectivity index (χ1v) is 8.40. The first kappa shape index (κ1) is 21.4. The molecule has 0 heterocycles. The summed E-state index contributed by atoms with van der Waals surface area (Å²) in [6, 6.07) is 0. The van der Waals surface area contributed by atoms with Gasteiger partial charge in [-0.2, -0.15) is 0 Å². The molecule has 132 valence electrons. The lowest BCUT2D eigenvalue weighted by atomic mass is 9.91. The molecule has 2 N–H and O–H groups in total. The lowest BCUT2D eigenvalue weighted by Crippen LogP contribution is -2.12. The number of unbranched alkanes of at least 4 members (excludes halogenated alkanes) is 1. The number of carboxylic acid groups (broad SMARTS) is 1. The maximum Gasteiger partial charge on any atom is 0.333 e. The van der Waals surface area contributed by atoms with Crippen LogP contribution in [0.15, 0.2) is 23.3 Å².